The van der Waals surface area contributed by atoms with Crippen LogP contribution in [-0.2, 0) is 0 Å². The van der Waals surface area contributed by atoms with Crippen molar-refractivity contribution in [2.24, 2.45) is 5.92 Å². The molecule has 0 aromatic carbocycles. The fourth-order valence-electron chi connectivity index (χ4n) is 1.82. The van der Waals surface area contributed by atoms with E-state index < -0.39 is 0 Å². The van der Waals surface area contributed by atoms with Crippen LogP contribution in [0.3, 0.4) is 0 Å². The number of hydrogen-bond donors (Lipinski definition) is 2. The second kappa shape index (κ2) is 5.21. The van der Waals surface area contributed by atoms with Crippen LogP contribution in [0.1, 0.15) is 32.6 Å². The van der Waals surface area contributed by atoms with Crippen molar-refractivity contribution in [3.05, 3.63) is 0 Å². The lowest BCUT2D eigenvalue weighted by atomic mass is 10.1. The number of nitrogens with one attached hydrogen (secondary N) is 1. The van der Waals surface area contributed by atoms with E-state index in [9.17, 15) is 5.11 Å². The molecular weight excluding hydrogens is 164 g/mol. The van der Waals surface area contributed by atoms with Crippen molar-refractivity contribution in [2.45, 2.75) is 44.8 Å². The lowest BCUT2D eigenvalue weighted by molar-refractivity contribution is 0.177. The van der Waals surface area contributed by atoms with E-state index in [1.165, 1.54) is 0 Å². The van der Waals surface area contributed by atoms with Gasteiger partial charge in [0.15, 0.2) is 0 Å². The third kappa shape index (κ3) is 3.33. The van der Waals surface area contributed by atoms with Gasteiger partial charge in [-0.2, -0.15) is 5.26 Å². The van der Waals surface area contributed by atoms with Gasteiger partial charge in [0.25, 0.3) is 0 Å². The smallest absolute Gasteiger partial charge is 0.0950 e. The molecule has 3 atom stereocenters. The maximum atomic E-state index is 9.29. The molecule has 0 radical (unpaired) electrons. The van der Waals surface area contributed by atoms with Crippen molar-refractivity contribution in [1.82, 2.24) is 5.32 Å². The SMILES string of the molecule is CCC(C#N)NCC1CCC(O)C1. The summed E-state index contributed by atoms with van der Waals surface area (Å²) < 4.78 is 0. The highest BCUT2D eigenvalue weighted by atomic mass is 16.3. The molecular formula is C10H18N2O. The van der Waals surface area contributed by atoms with E-state index in [0.717, 1.165) is 32.2 Å². The van der Waals surface area contributed by atoms with Crippen LogP contribution in [0.15, 0.2) is 0 Å². The van der Waals surface area contributed by atoms with E-state index in [-0.39, 0.29) is 12.1 Å². The Labute approximate surface area is 79.8 Å². The number of aliphatic hydroxyl groups is 1. The van der Waals surface area contributed by atoms with Crippen LogP contribution in [-0.4, -0.2) is 23.8 Å². The van der Waals surface area contributed by atoms with Crippen LogP contribution in [0.2, 0.25) is 0 Å². The normalized spacial score (nSPS) is 29.9. The summed E-state index contributed by atoms with van der Waals surface area (Å²) in [6.45, 7) is 2.88. The average molecular weight is 182 g/mol. The van der Waals surface area contributed by atoms with Crippen molar-refractivity contribution >= 4 is 0 Å². The zero-order chi connectivity index (χ0) is 9.68. The molecule has 3 heteroatoms. The van der Waals surface area contributed by atoms with E-state index in [0.29, 0.717) is 5.92 Å². The highest BCUT2D eigenvalue weighted by Gasteiger charge is 2.22. The monoisotopic (exact) mass is 182 g/mol. The van der Waals surface area contributed by atoms with Crippen LogP contribution in [0.5, 0.6) is 0 Å². The van der Waals surface area contributed by atoms with Gasteiger partial charge in [-0.3, -0.25) is 0 Å². The van der Waals surface area contributed by atoms with Crippen molar-refractivity contribution < 1.29 is 5.11 Å². The molecule has 0 heterocycles. The summed E-state index contributed by atoms with van der Waals surface area (Å²) in [5.74, 6) is 0.567. The van der Waals surface area contributed by atoms with E-state index in [1.807, 2.05) is 6.92 Å². The van der Waals surface area contributed by atoms with Gasteiger partial charge in [-0.15, -0.1) is 0 Å². The molecule has 0 aliphatic heterocycles. The van der Waals surface area contributed by atoms with E-state index >= 15 is 0 Å². The first-order valence-electron chi connectivity index (χ1n) is 5.07. The molecule has 1 aliphatic carbocycles. The van der Waals surface area contributed by atoms with Crippen LogP contribution in [0, 0.1) is 17.2 Å². The Balaban J connectivity index is 2.16. The standard InChI is InChI=1S/C10H18N2O/c1-2-9(6-11)12-7-8-3-4-10(13)5-8/h8-10,12-13H,2-5,7H2,1H3. The summed E-state index contributed by atoms with van der Waals surface area (Å²) in [7, 11) is 0. The molecule has 0 saturated heterocycles. The molecule has 2 N–H and O–H groups in total. The van der Waals surface area contributed by atoms with Gasteiger partial charge in [-0.25, -0.2) is 0 Å². The number of hydrogen-bond acceptors (Lipinski definition) is 3. The van der Waals surface area contributed by atoms with Crippen LogP contribution in [0.4, 0.5) is 0 Å². The molecule has 1 saturated carbocycles. The fourth-order valence-corrected chi connectivity index (χ4v) is 1.82. The molecule has 0 amide bonds. The Bertz CT molecular complexity index is 188. The Hall–Kier alpha value is -0.590. The topological polar surface area (TPSA) is 56.0 Å². The molecule has 3 unspecified atom stereocenters. The van der Waals surface area contributed by atoms with Gasteiger partial charge in [-0.1, -0.05) is 6.92 Å². The Kier molecular flexibility index (Phi) is 4.20. The first-order valence-corrected chi connectivity index (χ1v) is 5.07. The highest BCUT2D eigenvalue weighted by molar-refractivity contribution is 4.89. The van der Waals surface area contributed by atoms with Gasteiger partial charge in [-0.05, 0) is 38.1 Å². The van der Waals surface area contributed by atoms with Crippen LogP contribution < -0.4 is 5.32 Å². The van der Waals surface area contributed by atoms with Crippen molar-refractivity contribution in [1.29, 1.82) is 5.26 Å². The van der Waals surface area contributed by atoms with Gasteiger partial charge < -0.3 is 10.4 Å². The zero-order valence-electron chi connectivity index (χ0n) is 8.16. The van der Waals surface area contributed by atoms with E-state index in [4.69, 9.17) is 5.26 Å². The van der Waals surface area contributed by atoms with Crippen molar-refractivity contribution in [2.75, 3.05) is 6.54 Å². The van der Waals surface area contributed by atoms with E-state index in [1.54, 1.807) is 0 Å². The predicted molar refractivity (Wildman–Crippen MR) is 51.0 cm³/mol. The minimum Gasteiger partial charge on any atom is -0.393 e. The Morgan fingerprint density at radius 2 is 2.38 bits per heavy atom. The summed E-state index contributed by atoms with van der Waals surface area (Å²) in [5, 5.41) is 21.2. The molecule has 0 aromatic rings. The van der Waals surface area contributed by atoms with Gasteiger partial charge in [0.2, 0.25) is 0 Å². The van der Waals surface area contributed by atoms with Gasteiger partial charge in [0, 0.05) is 0 Å². The lowest BCUT2D eigenvalue weighted by Crippen LogP contribution is -2.31. The molecule has 1 fully saturated rings. The third-order valence-corrected chi connectivity index (χ3v) is 2.73. The van der Waals surface area contributed by atoms with Gasteiger partial charge in [0.1, 0.15) is 0 Å². The summed E-state index contributed by atoms with van der Waals surface area (Å²) in [6.07, 6.45) is 3.67. The minimum atomic E-state index is -0.103. The van der Waals surface area contributed by atoms with Crippen LogP contribution in [0.25, 0.3) is 0 Å². The summed E-state index contributed by atoms with van der Waals surface area (Å²) in [6, 6.07) is 2.20. The Morgan fingerprint density at radius 1 is 1.62 bits per heavy atom. The number of aliphatic hydroxyl groups excluding tert-OH is 1. The van der Waals surface area contributed by atoms with E-state index in [2.05, 4.69) is 11.4 Å². The molecule has 1 aliphatic rings. The average Bonchev–Trinajstić information content (AvgIpc) is 2.53. The van der Waals surface area contributed by atoms with Gasteiger partial charge in [0.05, 0.1) is 18.2 Å². The molecule has 0 aromatic heterocycles. The molecule has 1 rings (SSSR count). The molecule has 3 nitrogen and oxygen atoms in total. The summed E-state index contributed by atoms with van der Waals surface area (Å²) in [5.41, 5.74) is 0. The predicted octanol–water partition coefficient (Wildman–Crippen LogP) is 1.04. The quantitative estimate of drug-likeness (QED) is 0.683. The largest absolute Gasteiger partial charge is 0.393 e. The lowest BCUT2D eigenvalue weighted by Gasteiger charge is -2.13. The maximum absolute atomic E-state index is 9.29. The molecule has 74 valence electrons. The number of nitrogens with zero attached hydrogens (tertiary/aromatic N) is 1. The van der Waals surface area contributed by atoms with Crippen LogP contribution >= 0.6 is 0 Å². The Morgan fingerprint density at radius 3 is 2.85 bits per heavy atom. The summed E-state index contributed by atoms with van der Waals surface area (Å²) in [4.78, 5) is 0. The third-order valence-electron chi connectivity index (χ3n) is 2.73. The minimum absolute atomic E-state index is 0.0160. The first-order chi connectivity index (χ1) is 6.26. The maximum Gasteiger partial charge on any atom is 0.0950 e. The fraction of sp³-hybridized carbons (Fsp3) is 0.900. The molecule has 0 spiro atoms. The molecule has 13 heavy (non-hydrogen) atoms. The summed E-state index contributed by atoms with van der Waals surface area (Å²) >= 11 is 0. The van der Waals surface area contributed by atoms with Crippen molar-refractivity contribution in [3.8, 4) is 6.07 Å². The number of nitriles is 1. The second-order valence-corrected chi connectivity index (χ2v) is 3.83. The van der Waals surface area contributed by atoms with Crippen molar-refractivity contribution in [3.63, 3.8) is 0 Å². The zero-order valence-corrected chi connectivity index (χ0v) is 8.16. The first kappa shape index (κ1) is 10.5. The highest BCUT2D eigenvalue weighted by Crippen LogP contribution is 2.24. The number of rotatable bonds is 4. The van der Waals surface area contributed by atoms with Gasteiger partial charge >= 0.3 is 0 Å². The molecule has 0 bridgehead atoms. The second-order valence-electron chi connectivity index (χ2n) is 3.83.